The van der Waals surface area contributed by atoms with Gasteiger partial charge in [0.1, 0.15) is 0 Å². The lowest BCUT2D eigenvalue weighted by Gasteiger charge is -2.31. The first-order valence-electron chi connectivity index (χ1n) is 8.07. The third kappa shape index (κ3) is 4.69. The maximum absolute atomic E-state index is 12.2. The van der Waals surface area contributed by atoms with E-state index >= 15 is 0 Å². The van der Waals surface area contributed by atoms with E-state index in [1.807, 2.05) is 0 Å². The molecule has 1 saturated heterocycles. The van der Waals surface area contributed by atoms with Crippen molar-refractivity contribution < 1.29 is 8.42 Å². The van der Waals surface area contributed by atoms with E-state index in [0.717, 1.165) is 38.3 Å². The molecule has 2 rings (SSSR count). The molecule has 1 aliphatic heterocycles. The highest BCUT2D eigenvalue weighted by Gasteiger charge is 2.27. The van der Waals surface area contributed by atoms with E-state index in [1.165, 1.54) is 19.3 Å². The summed E-state index contributed by atoms with van der Waals surface area (Å²) in [5.74, 6) is 1.37. The highest BCUT2D eigenvalue weighted by molar-refractivity contribution is 7.87. The molecule has 1 aliphatic carbocycles. The van der Waals surface area contributed by atoms with Gasteiger partial charge in [0.05, 0.1) is 0 Å². The van der Waals surface area contributed by atoms with E-state index in [-0.39, 0.29) is 0 Å². The van der Waals surface area contributed by atoms with Gasteiger partial charge in [-0.1, -0.05) is 26.2 Å². The van der Waals surface area contributed by atoms with E-state index in [9.17, 15) is 8.42 Å². The molecule has 0 spiro atoms. The van der Waals surface area contributed by atoms with Gasteiger partial charge in [-0.15, -0.1) is 0 Å². The SMILES string of the molecule is CCNCC1CCN(S(=O)(=O)NCCC2CCC2)CC1. The lowest BCUT2D eigenvalue weighted by molar-refractivity contribution is 0.263. The molecule has 0 amide bonds. The van der Waals surface area contributed by atoms with Gasteiger partial charge in [-0.3, -0.25) is 0 Å². The maximum atomic E-state index is 12.2. The Morgan fingerprint density at radius 3 is 2.35 bits per heavy atom. The summed E-state index contributed by atoms with van der Waals surface area (Å²) < 4.78 is 28.8. The maximum Gasteiger partial charge on any atom is 0.279 e. The second kappa shape index (κ2) is 7.73. The van der Waals surface area contributed by atoms with Crippen LogP contribution in [0.3, 0.4) is 0 Å². The third-order valence-electron chi connectivity index (χ3n) is 4.66. The van der Waals surface area contributed by atoms with Crippen molar-refractivity contribution in [3.63, 3.8) is 0 Å². The van der Waals surface area contributed by atoms with Crippen LogP contribution >= 0.6 is 0 Å². The quantitative estimate of drug-likeness (QED) is 0.711. The molecule has 0 unspecified atom stereocenters. The Balaban J connectivity index is 1.67. The molecule has 1 saturated carbocycles. The third-order valence-corrected chi connectivity index (χ3v) is 6.27. The Labute approximate surface area is 123 Å². The van der Waals surface area contributed by atoms with Gasteiger partial charge in [0.25, 0.3) is 10.2 Å². The number of hydrogen-bond donors (Lipinski definition) is 2. The predicted molar refractivity (Wildman–Crippen MR) is 81.7 cm³/mol. The minimum Gasteiger partial charge on any atom is -0.317 e. The normalized spacial score (nSPS) is 22.9. The summed E-state index contributed by atoms with van der Waals surface area (Å²) >= 11 is 0. The molecule has 1 heterocycles. The van der Waals surface area contributed by atoms with Gasteiger partial charge in [0.2, 0.25) is 0 Å². The van der Waals surface area contributed by atoms with Gasteiger partial charge in [-0.25, -0.2) is 4.72 Å². The van der Waals surface area contributed by atoms with Crippen LogP contribution in [-0.4, -0.2) is 45.4 Å². The van der Waals surface area contributed by atoms with Crippen molar-refractivity contribution in [1.29, 1.82) is 0 Å². The smallest absolute Gasteiger partial charge is 0.279 e. The molecule has 0 bridgehead atoms. The van der Waals surface area contributed by atoms with Crippen LogP contribution in [0.2, 0.25) is 0 Å². The van der Waals surface area contributed by atoms with Crippen LogP contribution in [-0.2, 0) is 10.2 Å². The van der Waals surface area contributed by atoms with Crippen molar-refractivity contribution in [3.05, 3.63) is 0 Å². The average molecular weight is 303 g/mol. The molecule has 2 aliphatic rings. The Kier molecular flexibility index (Phi) is 6.26. The van der Waals surface area contributed by atoms with Gasteiger partial charge in [-0.05, 0) is 44.2 Å². The summed E-state index contributed by atoms with van der Waals surface area (Å²) in [6.07, 6.45) is 6.80. The zero-order valence-corrected chi connectivity index (χ0v) is 13.4. The van der Waals surface area contributed by atoms with Crippen LogP contribution in [0.1, 0.15) is 45.4 Å². The molecule has 0 aromatic rings. The van der Waals surface area contributed by atoms with Gasteiger partial charge in [-0.2, -0.15) is 12.7 Å². The fraction of sp³-hybridized carbons (Fsp3) is 1.00. The molecule has 20 heavy (non-hydrogen) atoms. The molecule has 5 nitrogen and oxygen atoms in total. The van der Waals surface area contributed by atoms with Crippen LogP contribution in [0, 0.1) is 11.8 Å². The lowest BCUT2D eigenvalue weighted by atomic mass is 9.83. The van der Waals surface area contributed by atoms with Gasteiger partial charge >= 0.3 is 0 Å². The fourth-order valence-corrected chi connectivity index (χ4v) is 4.22. The zero-order chi connectivity index (χ0) is 14.4. The van der Waals surface area contributed by atoms with Crippen LogP contribution in [0.4, 0.5) is 0 Å². The fourth-order valence-electron chi connectivity index (χ4n) is 2.97. The minimum atomic E-state index is -3.24. The molecule has 0 aromatic heterocycles. The van der Waals surface area contributed by atoms with E-state index < -0.39 is 10.2 Å². The van der Waals surface area contributed by atoms with Crippen molar-refractivity contribution in [2.75, 3.05) is 32.7 Å². The molecule has 0 radical (unpaired) electrons. The molecule has 2 N–H and O–H groups in total. The Hall–Kier alpha value is -0.170. The summed E-state index contributed by atoms with van der Waals surface area (Å²) in [7, 11) is -3.24. The van der Waals surface area contributed by atoms with Crippen LogP contribution in [0.5, 0.6) is 0 Å². The molecule has 118 valence electrons. The first-order valence-corrected chi connectivity index (χ1v) is 9.51. The first kappa shape index (κ1) is 16.2. The standard InChI is InChI=1S/C14H29N3O2S/c1-2-15-12-14-7-10-17(11-8-14)20(18,19)16-9-6-13-4-3-5-13/h13-16H,2-12H2,1H3. The van der Waals surface area contributed by atoms with E-state index in [2.05, 4.69) is 17.0 Å². The lowest BCUT2D eigenvalue weighted by Crippen LogP contribution is -2.46. The largest absolute Gasteiger partial charge is 0.317 e. The summed E-state index contributed by atoms with van der Waals surface area (Å²) in [4.78, 5) is 0. The van der Waals surface area contributed by atoms with Crippen molar-refractivity contribution in [3.8, 4) is 0 Å². The van der Waals surface area contributed by atoms with E-state index in [0.29, 0.717) is 25.6 Å². The van der Waals surface area contributed by atoms with E-state index in [1.54, 1.807) is 4.31 Å². The van der Waals surface area contributed by atoms with Crippen molar-refractivity contribution in [2.24, 2.45) is 11.8 Å². The summed E-state index contributed by atoms with van der Waals surface area (Å²) in [5, 5.41) is 3.35. The molecule has 0 atom stereocenters. The predicted octanol–water partition coefficient (Wildman–Crippen LogP) is 1.33. The summed E-state index contributed by atoms with van der Waals surface area (Å²) in [6, 6.07) is 0. The number of hydrogen-bond acceptors (Lipinski definition) is 3. The molecular weight excluding hydrogens is 274 g/mol. The Morgan fingerprint density at radius 1 is 1.10 bits per heavy atom. The van der Waals surface area contributed by atoms with Gasteiger partial charge in [0, 0.05) is 19.6 Å². The highest BCUT2D eigenvalue weighted by Crippen LogP contribution is 2.28. The van der Waals surface area contributed by atoms with Gasteiger partial charge < -0.3 is 5.32 Å². The second-order valence-electron chi connectivity index (χ2n) is 6.14. The van der Waals surface area contributed by atoms with E-state index in [4.69, 9.17) is 0 Å². The first-order chi connectivity index (χ1) is 9.62. The monoisotopic (exact) mass is 303 g/mol. The molecule has 0 aromatic carbocycles. The van der Waals surface area contributed by atoms with Crippen molar-refractivity contribution in [2.45, 2.75) is 45.4 Å². The average Bonchev–Trinajstić information content (AvgIpc) is 2.40. The Bertz CT molecular complexity index is 374. The number of piperidine rings is 1. The minimum absolute atomic E-state index is 0.602. The van der Waals surface area contributed by atoms with Crippen molar-refractivity contribution >= 4 is 10.2 Å². The number of nitrogens with one attached hydrogen (secondary N) is 2. The van der Waals surface area contributed by atoms with Crippen LogP contribution in [0.25, 0.3) is 0 Å². The number of nitrogens with zero attached hydrogens (tertiary/aromatic N) is 1. The Morgan fingerprint density at radius 2 is 1.80 bits per heavy atom. The zero-order valence-electron chi connectivity index (χ0n) is 12.6. The molecular formula is C14H29N3O2S. The van der Waals surface area contributed by atoms with Gasteiger partial charge in [0.15, 0.2) is 0 Å². The topological polar surface area (TPSA) is 61.4 Å². The molecule has 6 heteroatoms. The molecule has 2 fully saturated rings. The summed E-state index contributed by atoms with van der Waals surface area (Å²) in [5.41, 5.74) is 0. The van der Waals surface area contributed by atoms with Crippen molar-refractivity contribution in [1.82, 2.24) is 14.3 Å². The summed E-state index contributed by atoms with van der Waals surface area (Å²) in [6.45, 7) is 6.03. The van der Waals surface area contributed by atoms with Crippen LogP contribution in [0.15, 0.2) is 0 Å². The highest BCUT2D eigenvalue weighted by atomic mass is 32.2. The van der Waals surface area contributed by atoms with Crippen LogP contribution < -0.4 is 10.0 Å². The number of rotatable bonds is 8. The second-order valence-corrected chi connectivity index (χ2v) is 7.89.